The molecule has 5 heteroatoms. The molecule has 0 aromatic rings. The molecule has 0 saturated carbocycles. The lowest BCUT2D eigenvalue weighted by Crippen LogP contribution is -2.35. The Labute approximate surface area is 93.3 Å². The van der Waals surface area contributed by atoms with Gasteiger partial charge in [0.05, 0.1) is 6.54 Å². The van der Waals surface area contributed by atoms with Crippen LogP contribution in [0, 0.1) is 0 Å². The highest BCUT2D eigenvalue weighted by Crippen LogP contribution is 2.06. The minimum atomic E-state index is -0.559. The van der Waals surface area contributed by atoms with E-state index in [1.165, 1.54) is 0 Å². The Kier molecular flexibility index (Phi) is 5.57. The van der Waals surface area contributed by atoms with Crippen molar-refractivity contribution in [1.29, 1.82) is 0 Å². The highest BCUT2D eigenvalue weighted by atomic mass is 32.2. The van der Waals surface area contributed by atoms with Gasteiger partial charge in [-0.3, -0.25) is 4.79 Å². The predicted molar refractivity (Wildman–Crippen MR) is 64.7 cm³/mol. The molecule has 0 bridgehead atoms. The summed E-state index contributed by atoms with van der Waals surface area (Å²) in [4.78, 5) is 22.4. The fourth-order valence-electron chi connectivity index (χ4n) is 0.778. The van der Waals surface area contributed by atoms with E-state index in [9.17, 15) is 9.59 Å². The van der Waals surface area contributed by atoms with Crippen molar-refractivity contribution in [3.05, 3.63) is 0 Å². The second-order valence-electron chi connectivity index (χ2n) is 4.32. The van der Waals surface area contributed by atoms with E-state index in [1.807, 2.05) is 12.5 Å². The number of alkyl carbamates (subject to hydrolysis) is 1. The molecule has 4 nitrogen and oxygen atoms in total. The number of nitrogens with one attached hydrogen (secondary N) is 1. The summed E-state index contributed by atoms with van der Waals surface area (Å²) in [5.74, 6) is -0.0887. The van der Waals surface area contributed by atoms with Crippen LogP contribution in [0.15, 0.2) is 0 Å². The normalized spacial score (nSPS) is 11.1. The van der Waals surface area contributed by atoms with Gasteiger partial charge in [-0.25, -0.2) is 4.79 Å². The maximum atomic E-state index is 11.2. The molecule has 0 fully saturated rings. The summed E-state index contributed by atoms with van der Waals surface area (Å²) in [5, 5.41) is 4.00. The van der Waals surface area contributed by atoms with Gasteiger partial charge in [0, 0.05) is 5.37 Å². The quantitative estimate of drug-likeness (QED) is 0.750. The molecular formula is C10H19NO3S. The van der Waals surface area contributed by atoms with Gasteiger partial charge >= 0.3 is 6.09 Å². The van der Waals surface area contributed by atoms with Gasteiger partial charge in [0.25, 0.3) is 0 Å². The summed E-state index contributed by atoms with van der Waals surface area (Å²) in [6.45, 7) is 5.32. The lowest BCUT2D eigenvalue weighted by molar-refractivity contribution is -0.111. The van der Waals surface area contributed by atoms with Gasteiger partial charge in [-0.2, -0.15) is 10.5 Å². The van der Waals surface area contributed by atoms with Gasteiger partial charge in [0.15, 0.2) is 5.78 Å². The van der Waals surface area contributed by atoms with Crippen LogP contribution in [0.4, 0.5) is 4.79 Å². The molecule has 1 N–H and O–H groups in total. The van der Waals surface area contributed by atoms with Crippen molar-refractivity contribution >= 4 is 27.7 Å². The van der Waals surface area contributed by atoms with E-state index in [1.54, 1.807) is 26.1 Å². The number of rotatable bonds is 3. The standard InChI is InChI=1S/C10H19NO3S/c1-10(2,3)14-9(13)11-6-8(12)7-15(4)5/h7H,6H2,1-5H3,(H,11,13). The Balaban J connectivity index is 3.92. The maximum absolute atomic E-state index is 11.2. The van der Waals surface area contributed by atoms with Gasteiger partial charge in [-0.05, 0) is 33.3 Å². The first-order valence-electron chi connectivity index (χ1n) is 4.61. The molecule has 0 unspecified atom stereocenters. The number of hydrogen-bond donors (Lipinski definition) is 1. The first-order chi connectivity index (χ1) is 6.70. The summed E-state index contributed by atoms with van der Waals surface area (Å²) in [6, 6.07) is 0. The molecule has 0 aromatic carbocycles. The van der Waals surface area contributed by atoms with Crippen LogP contribution in [0.25, 0.3) is 0 Å². The van der Waals surface area contributed by atoms with E-state index in [-0.39, 0.29) is 22.8 Å². The van der Waals surface area contributed by atoms with E-state index in [2.05, 4.69) is 5.32 Å². The fourth-order valence-corrected chi connectivity index (χ4v) is 1.39. The summed E-state index contributed by atoms with van der Waals surface area (Å²) >= 11 is 0. The summed E-state index contributed by atoms with van der Waals surface area (Å²) in [6.07, 6.45) is 3.31. The van der Waals surface area contributed by atoms with E-state index in [4.69, 9.17) is 4.74 Å². The van der Waals surface area contributed by atoms with Crippen LogP contribution in [0.3, 0.4) is 0 Å². The Morgan fingerprint density at radius 3 is 2.27 bits per heavy atom. The van der Waals surface area contributed by atoms with Crippen LogP contribution in [-0.4, -0.2) is 41.9 Å². The van der Waals surface area contributed by atoms with Crippen molar-refractivity contribution < 1.29 is 14.3 Å². The summed E-state index contributed by atoms with van der Waals surface area (Å²) in [5.41, 5.74) is -0.531. The Bertz CT molecular complexity index is 275. The average Bonchev–Trinajstić information content (AvgIpc) is 1.96. The lowest BCUT2D eigenvalue weighted by atomic mass is 10.2. The zero-order valence-electron chi connectivity index (χ0n) is 9.92. The first kappa shape index (κ1) is 14.2. The van der Waals surface area contributed by atoms with Gasteiger partial charge < -0.3 is 10.1 Å². The zero-order chi connectivity index (χ0) is 12.1. The fraction of sp³-hybridized carbons (Fsp3) is 0.700. The van der Waals surface area contributed by atoms with E-state index in [0.29, 0.717) is 0 Å². The highest BCUT2D eigenvalue weighted by molar-refractivity contribution is 8.14. The number of carbonyl (C=O) groups is 2. The molecular weight excluding hydrogens is 214 g/mol. The smallest absolute Gasteiger partial charge is 0.408 e. The molecule has 0 aliphatic carbocycles. The molecule has 0 aliphatic rings. The highest BCUT2D eigenvalue weighted by Gasteiger charge is 2.15. The number of ketones is 1. The molecule has 0 rings (SSSR count). The molecule has 15 heavy (non-hydrogen) atoms. The Hall–Kier alpha value is -0.840. The van der Waals surface area contributed by atoms with Gasteiger partial charge in [-0.1, -0.05) is 0 Å². The van der Waals surface area contributed by atoms with Crippen molar-refractivity contribution in [3.8, 4) is 0 Å². The van der Waals surface area contributed by atoms with Crippen LogP contribution in [0.2, 0.25) is 0 Å². The monoisotopic (exact) mass is 233 g/mol. The van der Waals surface area contributed by atoms with Crippen molar-refractivity contribution in [2.24, 2.45) is 0 Å². The molecule has 0 radical (unpaired) electrons. The Morgan fingerprint density at radius 2 is 1.87 bits per heavy atom. The number of hydrogen-bond acceptors (Lipinski definition) is 3. The molecule has 1 amide bonds. The van der Waals surface area contributed by atoms with Crippen LogP contribution in [0.5, 0.6) is 0 Å². The van der Waals surface area contributed by atoms with Crippen LogP contribution in [0.1, 0.15) is 20.8 Å². The molecule has 0 saturated heterocycles. The van der Waals surface area contributed by atoms with E-state index >= 15 is 0 Å². The number of carbonyl (C=O) groups excluding carboxylic acids is 2. The summed E-state index contributed by atoms with van der Waals surface area (Å²) < 4.78 is 4.98. The van der Waals surface area contributed by atoms with E-state index < -0.39 is 11.7 Å². The maximum Gasteiger partial charge on any atom is 0.408 e. The minimum absolute atomic E-state index is 0.0000926. The number of ether oxygens (including phenoxy) is 1. The van der Waals surface area contributed by atoms with Crippen molar-refractivity contribution in [3.63, 3.8) is 0 Å². The number of Topliss-reactive ketones (excluding diaryl/α,β-unsaturated/α-hetero) is 1. The third-order valence-electron chi connectivity index (χ3n) is 1.17. The molecule has 0 aromatic heterocycles. The van der Waals surface area contributed by atoms with Crippen molar-refractivity contribution in [1.82, 2.24) is 5.32 Å². The lowest BCUT2D eigenvalue weighted by Gasteiger charge is -2.19. The molecule has 0 atom stereocenters. The molecule has 0 spiro atoms. The predicted octanol–water partition coefficient (Wildman–Crippen LogP) is 1.41. The molecule has 0 heterocycles. The van der Waals surface area contributed by atoms with Gasteiger partial charge in [0.1, 0.15) is 5.60 Å². The average molecular weight is 233 g/mol. The third kappa shape index (κ3) is 9.46. The SMILES string of the molecule is CS(C)=CC(=O)CNC(=O)OC(C)(C)C. The number of amides is 1. The van der Waals surface area contributed by atoms with Crippen LogP contribution in [-0.2, 0) is 9.53 Å². The van der Waals surface area contributed by atoms with Crippen molar-refractivity contribution in [2.75, 3.05) is 19.1 Å². The second kappa shape index (κ2) is 5.90. The van der Waals surface area contributed by atoms with Crippen LogP contribution >= 0.6 is 10.5 Å². The van der Waals surface area contributed by atoms with Gasteiger partial charge in [-0.15, -0.1) is 0 Å². The first-order valence-corrected chi connectivity index (χ1v) is 6.72. The van der Waals surface area contributed by atoms with Crippen molar-refractivity contribution in [2.45, 2.75) is 26.4 Å². The minimum Gasteiger partial charge on any atom is -0.444 e. The zero-order valence-corrected chi connectivity index (χ0v) is 10.7. The van der Waals surface area contributed by atoms with E-state index in [0.717, 1.165) is 0 Å². The molecule has 0 aliphatic heterocycles. The largest absolute Gasteiger partial charge is 0.444 e. The van der Waals surface area contributed by atoms with Gasteiger partial charge in [0.2, 0.25) is 0 Å². The topological polar surface area (TPSA) is 55.4 Å². The molecule has 88 valence electrons. The van der Waals surface area contributed by atoms with Crippen LogP contribution < -0.4 is 5.32 Å². The Morgan fingerprint density at radius 1 is 1.33 bits per heavy atom. The third-order valence-corrected chi connectivity index (χ3v) is 1.91. The summed E-state index contributed by atoms with van der Waals surface area (Å²) in [7, 11) is -0.0461. The second-order valence-corrected chi connectivity index (χ2v) is 6.31.